The van der Waals surface area contributed by atoms with Crippen LogP contribution in [-0.4, -0.2) is 32.0 Å². The number of nitrogens with zero attached hydrogens (tertiary/aromatic N) is 3. The number of hydrogen-bond acceptors (Lipinski definition) is 2. The molecule has 0 amide bonds. The summed E-state index contributed by atoms with van der Waals surface area (Å²) in [4.78, 5) is 2.62. The summed E-state index contributed by atoms with van der Waals surface area (Å²) in [5.41, 5.74) is 26.9. The van der Waals surface area contributed by atoms with Gasteiger partial charge in [0.1, 0.15) is 11.5 Å². The second-order valence-corrected chi connectivity index (χ2v) is 44.7. The van der Waals surface area contributed by atoms with Crippen LogP contribution >= 0.6 is 0 Å². The van der Waals surface area contributed by atoms with E-state index in [1.54, 1.807) is 0 Å². The number of ether oxygens (including phenoxy) is 1. The number of anilines is 3. The van der Waals surface area contributed by atoms with Gasteiger partial charge in [0.25, 0.3) is 6.71 Å². The topological polar surface area (TPSA) is 22.3 Å². The molecule has 2 aliphatic heterocycles. The van der Waals surface area contributed by atoms with Crippen LogP contribution in [0.15, 0.2) is 461 Å². The summed E-state index contributed by atoms with van der Waals surface area (Å²) in [6.45, 7) is 13.6. The third kappa shape index (κ3) is 13.3. The summed E-state index contributed by atoms with van der Waals surface area (Å²) in [5, 5.41) is 15.1. The lowest BCUT2D eigenvalue weighted by atomic mass is 9.34. The van der Waals surface area contributed by atoms with E-state index in [-0.39, 0.29) is 17.5 Å². The molecule has 614 valence electrons. The maximum Gasteiger partial charge on any atom is 0.256 e. The number of rotatable bonds is 16. The van der Waals surface area contributed by atoms with Crippen LogP contribution in [0.5, 0.6) is 11.5 Å². The molecule has 2 aliphatic rings. The average Bonchev–Trinajstić information content (AvgIpc) is 0.731. The molecular formula is C122H94BN3OSi2. The van der Waals surface area contributed by atoms with E-state index in [0.29, 0.717) is 0 Å². The minimum Gasteiger partial charge on any atom is -0.458 e. The van der Waals surface area contributed by atoms with Gasteiger partial charge in [0.15, 0.2) is 16.1 Å². The largest absolute Gasteiger partial charge is 0.458 e. The Bertz CT molecular complexity index is 7450. The van der Waals surface area contributed by atoms with E-state index < -0.39 is 16.1 Å². The molecule has 0 fully saturated rings. The molecule has 0 saturated heterocycles. The number of benzene rings is 19. The SMILES string of the molecule is CC(C)(C)c1ccc2c(c1)c1cc(C(C)(C)C)ccc1n2-c1ccc2c(c1)Oc1cc(-c3cc([Si](c4ccccc4)(c4ccccc4)c4cccc(-c5ccccc5)c4)cc([Si](c4ccccc4)(c4ccccc4)c4cccc(-c5ccccc5)c4)c3)cc3c1B2c1ccc(-n2c4ccccc4c4ccccc42)cc1N3c1cc(-c2ccccc2)cc(-c2ccccc2)c1. The van der Waals surface area contributed by atoms with Crippen molar-refractivity contribution in [3.8, 4) is 78.5 Å². The van der Waals surface area contributed by atoms with Crippen LogP contribution in [0.4, 0.5) is 17.1 Å². The zero-order valence-corrected chi connectivity index (χ0v) is 75.2. The van der Waals surface area contributed by atoms with Gasteiger partial charge in [-0.15, -0.1) is 0 Å². The van der Waals surface area contributed by atoms with Gasteiger partial charge in [-0.3, -0.25) is 0 Å². The number of hydrogen-bond donors (Lipinski definition) is 0. The van der Waals surface area contributed by atoms with E-state index in [4.69, 9.17) is 4.74 Å². The molecule has 0 saturated carbocycles. The van der Waals surface area contributed by atoms with Gasteiger partial charge in [-0.1, -0.05) is 412 Å². The highest BCUT2D eigenvalue weighted by Crippen LogP contribution is 2.48. The van der Waals surface area contributed by atoms with Crippen molar-refractivity contribution in [1.29, 1.82) is 0 Å². The molecule has 7 heteroatoms. The number of fused-ring (bicyclic) bond motifs is 10. The van der Waals surface area contributed by atoms with Gasteiger partial charge in [-0.05, 0) is 220 Å². The summed E-state index contributed by atoms with van der Waals surface area (Å²) in [6, 6.07) is 176. The van der Waals surface area contributed by atoms with Crippen LogP contribution in [0, 0.1) is 0 Å². The molecule has 0 unspecified atom stereocenters. The Hall–Kier alpha value is -15.1. The fraction of sp³-hybridized carbons (Fsp3) is 0.0656. The Morgan fingerprint density at radius 1 is 0.217 bits per heavy atom. The van der Waals surface area contributed by atoms with Crippen LogP contribution < -0.4 is 67.5 Å². The van der Waals surface area contributed by atoms with Crippen LogP contribution in [0.1, 0.15) is 52.7 Å². The summed E-state index contributed by atoms with van der Waals surface area (Å²) in [6.07, 6.45) is 0. The van der Waals surface area contributed by atoms with Crippen LogP contribution in [0.25, 0.3) is 111 Å². The quantitative estimate of drug-likeness (QED) is 0.0711. The van der Waals surface area contributed by atoms with E-state index in [9.17, 15) is 0 Å². The van der Waals surface area contributed by atoms with Gasteiger partial charge in [-0.25, -0.2) is 0 Å². The average molecular weight is 1690 g/mol. The maximum absolute atomic E-state index is 8.24. The lowest BCUT2D eigenvalue weighted by molar-refractivity contribution is 0.487. The smallest absolute Gasteiger partial charge is 0.256 e. The second kappa shape index (κ2) is 31.5. The fourth-order valence-corrected chi connectivity index (χ4v) is 31.2. The molecule has 0 N–H and O–H groups in total. The first-order valence-corrected chi connectivity index (χ1v) is 49.2. The molecular weight excluding hydrogens is 1590 g/mol. The molecule has 23 rings (SSSR count). The summed E-state index contributed by atoms with van der Waals surface area (Å²) < 4.78 is 13.2. The molecule has 0 aliphatic carbocycles. The lowest BCUT2D eigenvalue weighted by Crippen LogP contribution is -2.78. The maximum atomic E-state index is 8.24. The van der Waals surface area contributed by atoms with Crippen molar-refractivity contribution >= 4 is 141 Å². The van der Waals surface area contributed by atoms with Gasteiger partial charge in [0.05, 0.1) is 22.1 Å². The first-order chi connectivity index (χ1) is 63.2. The predicted molar refractivity (Wildman–Crippen MR) is 553 cm³/mol. The van der Waals surface area contributed by atoms with E-state index in [1.807, 2.05) is 0 Å². The van der Waals surface area contributed by atoms with Crippen molar-refractivity contribution in [3.05, 3.63) is 472 Å². The van der Waals surface area contributed by atoms with Crippen LogP contribution in [-0.2, 0) is 10.8 Å². The molecule has 19 aromatic carbocycles. The minimum absolute atomic E-state index is 0.0739. The van der Waals surface area contributed by atoms with Gasteiger partial charge in [0.2, 0.25) is 0 Å². The standard InChI is InChI=1S/C122H94BN3OSi2/c1-121(2,3)93-61-67-114-108(78-93)109-79-94(122(4,5)6)62-68-115(109)125(114)96-64-66-111-118(81-96)127-119-77-92(76-117-120(119)123(111)110-65-63-95(124-112-59-33-31-57-106(112)107-58-32-34-60-113(107)124)80-116(110)126(117)97-70-89(85-41-19-9-20-42-85)69-90(71-97)86-43-21-10-22-44-86)91-74-104(128(98-47-23-11-24-48-98,99-49-25-12-26-50-99)102-55-35-45-87(72-102)83-37-15-7-16-38-83)82-105(75-91)129(100-51-27-13-28-52-100,101-53-29-14-30-54-101)103-56-36-46-88(73-103)84-39-17-8-18-40-84/h7-82H,1-6H3. The van der Waals surface area contributed by atoms with Gasteiger partial charge >= 0.3 is 0 Å². The van der Waals surface area contributed by atoms with Crippen molar-refractivity contribution in [3.63, 3.8) is 0 Å². The van der Waals surface area contributed by atoms with Crippen molar-refractivity contribution in [2.75, 3.05) is 4.90 Å². The van der Waals surface area contributed by atoms with E-state index in [2.05, 4.69) is 517 Å². The lowest BCUT2D eigenvalue weighted by Gasteiger charge is -2.41. The van der Waals surface area contributed by atoms with Crippen molar-refractivity contribution in [2.45, 2.75) is 52.4 Å². The molecule has 129 heavy (non-hydrogen) atoms. The molecule has 4 nitrogen and oxygen atoms in total. The summed E-state index contributed by atoms with van der Waals surface area (Å²) in [7, 11) is -7.17. The zero-order chi connectivity index (χ0) is 86.7. The van der Waals surface area contributed by atoms with Crippen molar-refractivity contribution < 1.29 is 4.74 Å². The highest BCUT2D eigenvalue weighted by molar-refractivity contribution is 7.22. The van der Waals surface area contributed by atoms with E-state index >= 15 is 0 Å². The molecule has 4 heterocycles. The minimum atomic E-state index is -3.59. The normalized spacial score (nSPS) is 12.6. The highest BCUT2D eigenvalue weighted by Gasteiger charge is 2.48. The Kier molecular flexibility index (Phi) is 19.2. The second-order valence-electron chi connectivity index (χ2n) is 37.1. The van der Waals surface area contributed by atoms with E-state index in [0.717, 1.165) is 106 Å². The monoisotopic (exact) mass is 1680 g/mol. The zero-order valence-electron chi connectivity index (χ0n) is 73.2. The predicted octanol–water partition coefficient (Wildman–Crippen LogP) is 24.0. The summed E-state index contributed by atoms with van der Waals surface area (Å²) in [5.74, 6) is 1.62. The number of para-hydroxylation sites is 2. The highest BCUT2D eigenvalue weighted by atomic mass is 28.3. The molecule has 0 atom stereocenters. The molecule has 0 bridgehead atoms. The molecule has 0 spiro atoms. The van der Waals surface area contributed by atoms with Crippen molar-refractivity contribution in [2.24, 2.45) is 0 Å². The molecule has 2 aromatic heterocycles. The van der Waals surface area contributed by atoms with E-state index in [1.165, 1.54) is 102 Å². The Morgan fingerprint density at radius 2 is 0.566 bits per heavy atom. The number of aromatic nitrogens is 2. The molecule has 0 radical (unpaired) electrons. The fourth-order valence-electron chi connectivity index (χ4n) is 21.3. The Morgan fingerprint density at radius 3 is 1.00 bits per heavy atom. The third-order valence-electron chi connectivity index (χ3n) is 27.5. The van der Waals surface area contributed by atoms with Crippen molar-refractivity contribution in [1.82, 2.24) is 9.13 Å². The van der Waals surface area contributed by atoms with Gasteiger partial charge in [0, 0.05) is 56.0 Å². The molecule has 21 aromatic rings. The van der Waals surface area contributed by atoms with Gasteiger partial charge < -0.3 is 18.8 Å². The Balaban J connectivity index is 0.869. The van der Waals surface area contributed by atoms with Crippen LogP contribution in [0.2, 0.25) is 0 Å². The Labute approximate surface area is 757 Å². The first kappa shape index (κ1) is 78.6. The first-order valence-electron chi connectivity index (χ1n) is 45.2. The van der Waals surface area contributed by atoms with Gasteiger partial charge in [-0.2, -0.15) is 0 Å². The third-order valence-corrected chi connectivity index (χ3v) is 37.0. The van der Waals surface area contributed by atoms with Crippen LogP contribution in [0.3, 0.4) is 0 Å². The summed E-state index contributed by atoms with van der Waals surface area (Å²) >= 11 is 0.